The zero-order valence-corrected chi connectivity index (χ0v) is 12.2. The van der Waals surface area contributed by atoms with E-state index < -0.39 is 0 Å². The van der Waals surface area contributed by atoms with E-state index in [1.807, 2.05) is 31.2 Å². The maximum Gasteiger partial charge on any atom is 0.188 e. The molecule has 0 saturated carbocycles. The molecule has 0 spiro atoms. The highest BCUT2D eigenvalue weighted by molar-refractivity contribution is 7.14. The molecule has 1 N–H and O–H groups in total. The SMILES string of the molecule is CCOc1ccc(-c2csc(NC3=NCCC3)n2)cc1. The standard InChI is InChI=1S/C15H17N3OS/c1-2-19-12-7-5-11(6-8-12)13-10-20-15(17-13)18-14-4-3-9-16-14/h5-8,10H,2-4,9H2,1H3,(H,16,17,18). The molecule has 0 saturated heterocycles. The fraction of sp³-hybridized carbons (Fsp3) is 0.333. The predicted octanol–water partition coefficient (Wildman–Crippen LogP) is 3.81. The normalized spacial score (nSPS) is 14.2. The molecule has 4 nitrogen and oxygen atoms in total. The first kappa shape index (κ1) is 13.1. The van der Waals surface area contributed by atoms with E-state index >= 15 is 0 Å². The van der Waals surface area contributed by atoms with Crippen molar-refractivity contribution >= 4 is 22.3 Å². The van der Waals surface area contributed by atoms with Gasteiger partial charge in [-0.05, 0) is 37.6 Å². The van der Waals surface area contributed by atoms with Crippen LogP contribution >= 0.6 is 11.3 Å². The minimum atomic E-state index is 0.687. The lowest BCUT2D eigenvalue weighted by atomic mass is 10.2. The topological polar surface area (TPSA) is 46.5 Å². The Hall–Kier alpha value is -1.88. The van der Waals surface area contributed by atoms with Crippen molar-refractivity contribution in [1.29, 1.82) is 0 Å². The lowest BCUT2D eigenvalue weighted by Crippen LogP contribution is -2.07. The molecule has 0 radical (unpaired) electrons. The molecule has 104 valence electrons. The third kappa shape index (κ3) is 2.99. The maximum absolute atomic E-state index is 5.44. The Bertz CT molecular complexity index is 604. The van der Waals surface area contributed by atoms with Gasteiger partial charge < -0.3 is 10.1 Å². The molecule has 0 bridgehead atoms. The van der Waals surface area contributed by atoms with Crippen molar-refractivity contribution in [3.63, 3.8) is 0 Å². The summed E-state index contributed by atoms with van der Waals surface area (Å²) in [5.74, 6) is 1.95. The van der Waals surface area contributed by atoms with Gasteiger partial charge in [0, 0.05) is 23.9 Å². The monoisotopic (exact) mass is 287 g/mol. The highest BCUT2D eigenvalue weighted by Crippen LogP contribution is 2.27. The van der Waals surface area contributed by atoms with Gasteiger partial charge in [0.05, 0.1) is 12.3 Å². The molecule has 1 aromatic heterocycles. The summed E-state index contributed by atoms with van der Waals surface area (Å²) in [5, 5.41) is 6.27. The quantitative estimate of drug-likeness (QED) is 0.930. The molecule has 0 aliphatic carbocycles. The molecule has 2 heterocycles. The number of hydrogen-bond donors (Lipinski definition) is 1. The summed E-state index contributed by atoms with van der Waals surface area (Å²) < 4.78 is 5.44. The minimum absolute atomic E-state index is 0.687. The fourth-order valence-electron chi connectivity index (χ4n) is 2.12. The van der Waals surface area contributed by atoms with E-state index in [4.69, 9.17) is 4.74 Å². The summed E-state index contributed by atoms with van der Waals surface area (Å²) in [5.41, 5.74) is 2.09. The van der Waals surface area contributed by atoms with E-state index in [1.165, 1.54) is 0 Å². The smallest absolute Gasteiger partial charge is 0.188 e. The summed E-state index contributed by atoms with van der Waals surface area (Å²) in [6.45, 7) is 3.60. The number of ether oxygens (including phenoxy) is 1. The van der Waals surface area contributed by atoms with Crippen LogP contribution in [0.1, 0.15) is 19.8 Å². The molecule has 3 rings (SSSR count). The molecule has 0 atom stereocenters. The first-order valence-corrected chi connectivity index (χ1v) is 7.72. The number of benzene rings is 1. The van der Waals surface area contributed by atoms with Crippen LogP contribution in [0, 0.1) is 0 Å². The van der Waals surface area contributed by atoms with Crippen LogP contribution in [0.5, 0.6) is 5.75 Å². The van der Waals surface area contributed by atoms with Crippen molar-refractivity contribution in [2.45, 2.75) is 19.8 Å². The summed E-state index contributed by atoms with van der Waals surface area (Å²) in [6.07, 6.45) is 2.16. The summed E-state index contributed by atoms with van der Waals surface area (Å²) in [6, 6.07) is 8.03. The molecule has 2 aromatic rings. The zero-order chi connectivity index (χ0) is 13.8. The van der Waals surface area contributed by atoms with Crippen LogP contribution < -0.4 is 10.1 Å². The average Bonchev–Trinajstić information content (AvgIpc) is 3.12. The van der Waals surface area contributed by atoms with Crippen molar-refractivity contribution in [2.24, 2.45) is 4.99 Å². The molecule has 1 aromatic carbocycles. The Morgan fingerprint density at radius 2 is 2.15 bits per heavy atom. The molecule has 0 fully saturated rings. The van der Waals surface area contributed by atoms with Gasteiger partial charge in [0.15, 0.2) is 5.13 Å². The van der Waals surface area contributed by atoms with Gasteiger partial charge in [-0.15, -0.1) is 11.3 Å². The number of amidine groups is 1. The van der Waals surface area contributed by atoms with E-state index in [0.717, 1.165) is 47.4 Å². The molecule has 0 unspecified atom stereocenters. The van der Waals surface area contributed by atoms with Crippen molar-refractivity contribution in [2.75, 3.05) is 18.5 Å². The summed E-state index contributed by atoms with van der Waals surface area (Å²) in [7, 11) is 0. The largest absolute Gasteiger partial charge is 0.494 e. The minimum Gasteiger partial charge on any atom is -0.494 e. The van der Waals surface area contributed by atoms with Gasteiger partial charge in [-0.1, -0.05) is 0 Å². The van der Waals surface area contributed by atoms with Gasteiger partial charge >= 0.3 is 0 Å². The number of hydrogen-bond acceptors (Lipinski definition) is 5. The van der Waals surface area contributed by atoms with Crippen molar-refractivity contribution in [3.05, 3.63) is 29.6 Å². The van der Waals surface area contributed by atoms with Gasteiger partial charge in [-0.25, -0.2) is 4.98 Å². The number of anilines is 1. The lowest BCUT2D eigenvalue weighted by molar-refractivity contribution is 0.340. The average molecular weight is 287 g/mol. The number of nitrogens with zero attached hydrogens (tertiary/aromatic N) is 2. The lowest BCUT2D eigenvalue weighted by Gasteiger charge is -2.03. The van der Waals surface area contributed by atoms with Crippen molar-refractivity contribution in [3.8, 4) is 17.0 Å². The van der Waals surface area contributed by atoms with E-state index in [-0.39, 0.29) is 0 Å². The van der Waals surface area contributed by atoms with Crippen LogP contribution in [0.4, 0.5) is 5.13 Å². The zero-order valence-electron chi connectivity index (χ0n) is 11.4. The van der Waals surface area contributed by atoms with Crippen LogP contribution in [0.3, 0.4) is 0 Å². The molecule has 0 amide bonds. The van der Waals surface area contributed by atoms with Gasteiger partial charge in [0.1, 0.15) is 11.6 Å². The first-order valence-electron chi connectivity index (χ1n) is 6.84. The van der Waals surface area contributed by atoms with Crippen LogP contribution in [0.25, 0.3) is 11.3 Å². The van der Waals surface area contributed by atoms with Crippen molar-refractivity contribution < 1.29 is 4.74 Å². The fourth-order valence-corrected chi connectivity index (χ4v) is 2.86. The van der Waals surface area contributed by atoms with E-state index in [0.29, 0.717) is 6.61 Å². The van der Waals surface area contributed by atoms with Gasteiger partial charge in [0.25, 0.3) is 0 Å². The number of rotatable bonds is 4. The number of aliphatic imine (C=N–C) groups is 1. The predicted molar refractivity (Wildman–Crippen MR) is 83.9 cm³/mol. The summed E-state index contributed by atoms with van der Waals surface area (Å²) in [4.78, 5) is 9.01. The highest BCUT2D eigenvalue weighted by atomic mass is 32.1. The molecule has 1 aliphatic heterocycles. The Balaban J connectivity index is 1.72. The molecule has 5 heteroatoms. The second-order valence-electron chi connectivity index (χ2n) is 4.55. The van der Waals surface area contributed by atoms with Crippen LogP contribution in [0.2, 0.25) is 0 Å². The second kappa shape index (κ2) is 6.05. The van der Waals surface area contributed by atoms with Crippen LogP contribution in [-0.2, 0) is 0 Å². The molecule has 1 aliphatic rings. The van der Waals surface area contributed by atoms with Crippen molar-refractivity contribution in [1.82, 2.24) is 4.98 Å². The van der Waals surface area contributed by atoms with Gasteiger partial charge in [-0.3, -0.25) is 4.99 Å². The summed E-state index contributed by atoms with van der Waals surface area (Å²) >= 11 is 1.61. The number of nitrogens with one attached hydrogen (secondary N) is 1. The Labute approximate surface area is 122 Å². The van der Waals surface area contributed by atoms with Crippen LogP contribution in [0.15, 0.2) is 34.6 Å². The Morgan fingerprint density at radius 1 is 1.30 bits per heavy atom. The number of aromatic nitrogens is 1. The maximum atomic E-state index is 5.44. The Morgan fingerprint density at radius 3 is 2.85 bits per heavy atom. The molecule has 20 heavy (non-hydrogen) atoms. The first-order chi connectivity index (χ1) is 9.85. The highest BCUT2D eigenvalue weighted by Gasteiger charge is 2.09. The number of thiazole rings is 1. The van der Waals surface area contributed by atoms with Crippen LogP contribution in [-0.4, -0.2) is 24.0 Å². The third-order valence-corrected chi connectivity index (χ3v) is 3.85. The second-order valence-corrected chi connectivity index (χ2v) is 5.41. The van der Waals surface area contributed by atoms with Gasteiger partial charge in [-0.2, -0.15) is 0 Å². The van der Waals surface area contributed by atoms with E-state index in [2.05, 4.69) is 20.7 Å². The van der Waals surface area contributed by atoms with Gasteiger partial charge in [0.2, 0.25) is 0 Å². The molecular formula is C15H17N3OS. The van der Waals surface area contributed by atoms with E-state index in [1.54, 1.807) is 11.3 Å². The Kier molecular flexibility index (Phi) is 3.97. The van der Waals surface area contributed by atoms with E-state index in [9.17, 15) is 0 Å². The molecular weight excluding hydrogens is 270 g/mol. The third-order valence-electron chi connectivity index (χ3n) is 3.09.